The summed E-state index contributed by atoms with van der Waals surface area (Å²) < 4.78 is 10.8. The van der Waals surface area contributed by atoms with Gasteiger partial charge < -0.3 is 24.2 Å². The molecule has 1 aromatic heterocycles. The van der Waals surface area contributed by atoms with Gasteiger partial charge in [0.15, 0.2) is 5.69 Å². The van der Waals surface area contributed by atoms with Crippen LogP contribution in [0.4, 0.5) is 0 Å². The maximum absolute atomic E-state index is 12.4. The molecule has 1 aromatic rings. The summed E-state index contributed by atoms with van der Waals surface area (Å²) in [6.07, 6.45) is 3.26. The van der Waals surface area contributed by atoms with Crippen LogP contribution in [0.2, 0.25) is 0 Å². The fourth-order valence-corrected chi connectivity index (χ4v) is 3.75. The summed E-state index contributed by atoms with van der Waals surface area (Å²) in [7, 11) is 1.71. The largest absolute Gasteiger partial charge is 0.386 e. The monoisotopic (exact) mass is 351 g/mol. The van der Waals surface area contributed by atoms with Gasteiger partial charge in [-0.05, 0) is 26.2 Å². The Labute approximate surface area is 146 Å². The molecule has 138 valence electrons. The Kier molecular flexibility index (Phi) is 4.59. The number of piperidine rings is 1. The van der Waals surface area contributed by atoms with E-state index in [9.17, 15) is 14.7 Å². The van der Waals surface area contributed by atoms with Crippen LogP contribution in [0.5, 0.6) is 0 Å². The van der Waals surface area contributed by atoms with Crippen molar-refractivity contribution in [2.75, 3.05) is 26.7 Å². The molecule has 0 radical (unpaired) electrons. The van der Waals surface area contributed by atoms with Crippen molar-refractivity contribution >= 4 is 11.8 Å². The molecule has 2 amide bonds. The maximum Gasteiger partial charge on any atom is 0.276 e. The summed E-state index contributed by atoms with van der Waals surface area (Å²) in [6, 6.07) is 1.25. The van der Waals surface area contributed by atoms with Gasteiger partial charge in [-0.2, -0.15) is 0 Å². The number of nitrogens with zero attached hydrogens (tertiary/aromatic N) is 3. The second-order valence-electron chi connectivity index (χ2n) is 7.36. The molecule has 0 saturated carbocycles. The highest BCUT2D eigenvalue weighted by Gasteiger charge is 2.50. The first-order valence-electron chi connectivity index (χ1n) is 8.53. The van der Waals surface area contributed by atoms with Crippen LogP contribution >= 0.6 is 0 Å². The molecule has 3 rings (SSSR count). The molecule has 2 saturated heterocycles. The molecule has 8 nitrogen and oxygen atoms in total. The second kappa shape index (κ2) is 6.42. The van der Waals surface area contributed by atoms with Crippen LogP contribution in [0.15, 0.2) is 16.9 Å². The number of aromatic nitrogens is 1. The molecule has 0 aromatic carbocycles. The number of hydrogen-bond acceptors (Lipinski definition) is 6. The number of carbonyl (C=O) groups is 2. The maximum atomic E-state index is 12.4. The third kappa shape index (κ3) is 3.41. The standard InChI is InChI=1S/C17H25N3O5/c1-12(21)19(3)14-10-17(24-11-16(14,2)23)5-7-20(8-6-17)15(22)13-4-9-25-18-13/h4,9,14,23H,5-8,10-11H2,1-3H3/t14-,16-/m0/s1. The Morgan fingerprint density at radius 1 is 1.40 bits per heavy atom. The van der Waals surface area contributed by atoms with Crippen molar-refractivity contribution in [2.24, 2.45) is 0 Å². The number of likely N-dealkylation sites (N-methyl/N-ethyl adjacent to an activating group) is 1. The van der Waals surface area contributed by atoms with Gasteiger partial charge in [0.2, 0.25) is 5.91 Å². The first-order valence-corrected chi connectivity index (χ1v) is 8.53. The molecule has 1 N–H and O–H groups in total. The predicted molar refractivity (Wildman–Crippen MR) is 87.8 cm³/mol. The molecule has 0 unspecified atom stereocenters. The Morgan fingerprint density at radius 3 is 2.64 bits per heavy atom. The minimum Gasteiger partial charge on any atom is -0.386 e. The Bertz CT molecular complexity index is 635. The fourth-order valence-electron chi connectivity index (χ4n) is 3.75. The van der Waals surface area contributed by atoms with E-state index in [4.69, 9.17) is 9.26 Å². The SMILES string of the molecule is CC(=O)N(C)[C@H]1CC2(CCN(C(=O)c3ccon3)CC2)OC[C@]1(C)O. The van der Waals surface area contributed by atoms with Crippen molar-refractivity contribution in [3.8, 4) is 0 Å². The van der Waals surface area contributed by atoms with E-state index in [2.05, 4.69) is 5.16 Å². The van der Waals surface area contributed by atoms with Gasteiger partial charge in [-0.3, -0.25) is 9.59 Å². The number of ether oxygens (including phenoxy) is 1. The molecule has 3 heterocycles. The molecule has 2 aliphatic heterocycles. The summed E-state index contributed by atoms with van der Waals surface area (Å²) >= 11 is 0. The molecule has 2 aliphatic rings. The Balaban J connectivity index is 1.68. The Morgan fingerprint density at radius 2 is 2.08 bits per heavy atom. The van der Waals surface area contributed by atoms with Crippen molar-refractivity contribution in [3.63, 3.8) is 0 Å². The molecule has 0 aliphatic carbocycles. The van der Waals surface area contributed by atoms with E-state index < -0.39 is 11.2 Å². The summed E-state index contributed by atoms with van der Waals surface area (Å²) in [6.45, 7) is 4.46. The molecule has 1 spiro atoms. The summed E-state index contributed by atoms with van der Waals surface area (Å²) in [5.74, 6) is -0.232. The first-order chi connectivity index (χ1) is 11.7. The van der Waals surface area contributed by atoms with E-state index in [1.54, 1.807) is 29.8 Å². The van der Waals surface area contributed by atoms with Gasteiger partial charge in [0.05, 0.1) is 18.2 Å². The van der Waals surface area contributed by atoms with Crippen LogP contribution in [-0.4, -0.2) is 75.9 Å². The normalized spacial score (nSPS) is 28.8. The lowest BCUT2D eigenvalue weighted by Gasteiger charge is -2.52. The van der Waals surface area contributed by atoms with E-state index in [-0.39, 0.29) is 24.5 Å². The van der Waals surface area contributed by atoms with Crippen LogP contribution < -0.4 is 0 Å². The summed E-state index contributed by atoms with van der Waals surface area (Å²) in [5, 5.41) is 14.3. The molecule has 2 atom stereocenters. The lowest BCUT2D eigenvalue weighted by Crippen LogP contribution is -2.64. The molecule has 2 fully saturated rings. The van der Waals surface area contributed by atoms with Gasteiger partial charge in [-0.15, -0.1) is 0 Å². The van der Waals surface area contributed by atoms with Crippen LogP contribution in [0.3, 0.4) is 0 Å². The van der Waals surface area contributed by atoms with E-state index in [0.29, 0.717) is 38.0 Å². The van der Waals surface area contributed by atoms with E-state index in [1.165, 1.54) is 13.2 Å². The first kappa shape index (κ1) is 17.9. The van der Waals surface area contributed by atoms with Crippen molar-refractivity contribution in [1.29, 1.82) is 0 Å². The number of rotatable bonds is 2. The summed E-state index contributed by atoms with van der Waals surface area (Å²) in [5.41, 5.74) is -1.20. The number of hydrogen-bond donors (Lipinski definition) is 1. The average Bonchev–Trinajstić information content (AvgIpc) is 3.11. The van der Waals surface area contributed by atoms with Crippen molar-refractivity contribution < 1.29 is 24.0 Å². The third-order valence-electron chi connectivity index (χ3n) is 5.54. The molecule has 25 heavy (non-hydrogen) atoms. The lowest BCUT2D eigenvalue weighted by atomic mass is 9.77. The second-order valence-corrected chi connectivity index (χ2v) is 7.36. The molecule has 0 bridgehead atoms. The summed E-state index contributed by atoms with van der Waals surface area (Å²) in [4.78, 5) is 27.5. The van der Waals surface area contributed by atoms with Crippen molar-refractivity contribution in [3.05, 3.63) is 18.0 Å². The van der Waals surface area contributed by atoms with E-state index in [1.807, 2.05) is 0 Å². The van der Waals surface area contributed by atoms with Crippen LogP contribution in [0.1, 0.15) is 43.6 Å². The number of carbonyl (C=O) groups excluding carboxylic acids is 2. The smallest absolute Gasteiger partial charge is 0.276 e. The fraction of sp³-hybridized carbons (Fsp3) is 0.706. The predicted octanol–water partition coefficient (Wildman–Crippen LogP) is 0.668. The quantitative estimate of drug-likeness (QED) is 0.841. The zero-order chi connectivity index (χ0) is 18.2. The van der Waals surface area contributed by atoms with Crippen LogP contribution in [0, 0.1) is 0 Å². The molecular weight excluding hydrogens is 326 g/mol. The number of amides is 2. The van der Waals surface area contributed by atoms with Gasteiger partial charge in [0.25, 0.3) is 5.91 Å². The minimum atomic E-state index is -1.08. The minimum absolute atomic E-state index is 0.0824. The highest BCUT2D eigenvalue weighted by atomic mass is 16.5. The highest BCUT2D eigenvalue weighted by molar-refractivity contribution is 5.92. The topological polar surface area (TPSA) is 96.1 Å². The molecule has 8 heteroatoms. The number of aliphatic hydroxyl groups is 1. The van der Waals surface area contributed by atoms with Crippen molar-refractivity contribution in [1.82, 2.24) is 15.0 Å². The zero-order valence-electron chi connectivity index (χ0n) is 14.9. The number of likely N-dealkylation sites (tertiary alicyclic amines) is 1. The zero-order valence-corrected chi connectivity index (χ0v) is 14.9. The van der Waals surface area contributed by atoms with Gasteiger partial charge in [-0.1, -0.05) is 5.16 Å². The van der Waals surface area contributed by atoms with Gasteiger partial charge in [0.1, 0.15) is 11.9 Å². The van der Waals surface area contributed by atoms with E-state index >= 15 is 0 Å². The van der Waals surface area contributed by atoms with Crippen molar-refractivity contribution in [2.45, 2.75) is 50.4 Å². The van der Waals surface area contributed by atoms with Crippen LogP contribution in [-0.2, 0) is 9.53 Å². The van der Waals surface area contributed by atoms with E-state index in [0.717, 1.165) is 0 Å². The van der Waals surface area contributed by atoms with Gasteiger partial charge in [-0.25, -0.2) is 0 Å². The van der Waals surface area contributed by atoms with Gasteiger partial charge >= 0.3 is 0 Å². The van der Waals surface area contributed by atoms with Crippen LogP contribution in [0.25, 0.3) is 0 Å². The lowest BCUT2D eigenvalue weighted by molar-refractivity contribution is -0.207. The highest BCUT2D eigenvalue weighted by Crippen LogP contribution is 2.40. The average molecular weight is 351 g/mol. The third-order valence-corrected chi connectivity index (χ3v) is 5.54. The van der Waals surface area contributed by atoms with Gasteiger partial charge in [0, 0.05) is 33.1 Å². The Hall–Kier alpha value is -1.93. The molecular formula is C17H25N3O5.